The summed E-state index contributed by atoms with van der Waals surface area (Å²) in [5, 5.41) is 11.8. The maximum Gasteiger partial charge on any atom is 0.325 e. The highest BCUT2D eigenvalue weighted by Gasteiger charge is 2.24. The lowest BCUT2D eigenvalue weighted by Crippen LogP contribution is -2.28. The molecule has 0 aromatic heterocycles. The van der Waals surface area contributed by atoms with Crippen molar-refractivity contribution in [2.45, 2.75) is 26.7 Å². The largest absolute Gasteiger partial charge is 0.435 e. The summed E-state index contributed by atoms with van der Waals surface area (Å²) in [7, 11) is 0. The van der Waals surface area contributed by atoms with Gasteiger partial charge in [-0.3, -0.25) is 0 Å². The Kier molecular flexibility index (Phi) is 6.21. The molecule has 3 aromatic rings. The molecule has 160 valence electrons. The van der Waals surface area contributed by atoms with Crippen molar-refractivity contribution in [3.63, 3.8) is 0 Å². The average Bonchev–Trinajstić information content (AvgIpc) is 3.20. The predicted octanol–water partition coefficient (Wildman–Crippen LogP) is 6.09. The summed E-state index contributed by atoms with van der Waals surface area (Å²) >= 11 is 0. The summed E-state index contributed by atoms with van der Waals surface area (Å²) in [6.07, 6.45) is 0.399. The minimum atomic E-state index is -0.671. The molecular formula is C24H27N5O2. The van der Waals surface area contributed by atoms with Crippen LogP contribution in [0.3, 0.4) is 0 Å². The highest BCUT2D eigenvalue weighted by atomic mass is 16.7. The standard InChI is InChI=1S/C24H27N5O2/c1-3-14-29(4-2)19-11-12-20(25)23(16-19)31-24-26-21-15-18(10-13-22(21)30-24)28-27-17-8-6-5-7-9-17/h5-13,15-16,24,26H,3-4,14,25H2,1-2H3/t24-/m1/s1. The van der Waals surface area contributed by atoms with Crippen LogP contribution in [0.1, 0.15) is 20.3 Å². The van der Waals surface area contributed by atoms with Gasteiger partial charge in [0.1, 0.15) is 5.75 Å². The molecule has 4 rings (SSSR count). The third-order valence-corrected chi connectivity index (χ3v) is 4.98. The van der Waals surface area contributed by atoms with Crippen LogP contribution < -0.4 is 25.4 Å². The molecule has 1 atom stereocenters. The molecule has 0 saturated heterocycles. The summed E-state index contributed by atoms with van der Waals surface area (Å²) in [4.78, 5) is 2.29. The van der Waals surface area contributed by atoms with Crippen LogP contribution in [-0.2, 0) is 0 Å². The average molecular weight is 418 g/mol. The molecule has 3 N–H and O–H groups in total. The number of ether oxygens (including phenoxy) is 2. The summed E-state index contributed by atoms with van der Waals surface area (Å²) in [6.45, 7) is 6.20. The number of azo groups is 1. The van der Waals surface area contributed by atoms with Crippen LogP contribution in [0.5, 0.6) is 11.5 Å². The Bertz CT molecular complexity index is 1060. The van der Waals surface area contributed by atoms with E-state index in [4.69, 9.17) is 15.2 Å². The van der Waals surface area contributed by atoms with Crippen LogP contribution in [-0.4, -0.2) is 19.5 Å². The van der Waals surface area contributed by atoms with Crippen LogP contribution in [0.25, 0.3) is 0 Å². The lowest BCUT2D eigenvalue weighted by molar-refractivity contribution is 0.0448. The smallest absolute Gasteiger partial charge is 0.325 e. The third-order valence-electron chi connectivity index (χ3n) is 4.98. The molecule has 0 fully saturated rings. The Balaban J connectivity index is 1.45. The summed E-state index contributed by atoms with van der Waals surface area (Å²) in [6, 6.07) is 21.0. The summed E-state index contributed by atoms with van der Waals surface area (Å²) < 4.78 is 11.9. The Morgan fingerprint density at radius 1 is 1.00 bits per heavy atom. The van der Waals surface area contributed by atoms with Crippen LogP contribution >= 0.6 is 0 Å². The van der Waals surface area contributed by atoms with Crippen molar-refractivity contribution in [2.75, 3.05) is 29.0 Å². The first-order chi connectivity index (χ1) is 15.2. The molecule has 7 nitrogen and oxygen atoms in total. The molecule has 7 heteroatoms. The molecule has 0 spiro atoms. The van der Waals surface area contributed by atoms with Gasteiger partial charge in [0.05, 0.1) is 22.7 Å². The van der Waals surface area contributed by atoms with E-state index in [-0.39, 0.29) is 0 Å². The molecule has 1 heterocycles. The van der Waals surface area contributed by atoms with Crippen LogP contribution in [0.4, 0.5) is 28.4 Å². The first-order valence-electron chi connectivity index (χ1n) is 10.5. The molecule has 1 aliphatic heterocycles. The number of rotatable bonds is 8. The van der Waals surface area contributed by atoms with Gasteiger partial charge in [-0.25, -0.2) is 0 Å². The van der Waals surface area contributed by atoms with Crippen LogP contribution in [0.2, 0.25) is 0 Å². The SMILES string of the molecule is CCCN(CC)c1ccc(N)c(O[C@@H]2Nc3cc(N=Nc4ccccc4)ccc3O2)c1. The minimum Gasteiger partial charge on any atom is -0.435 e. The van der Waals surface area contributed by atoms with Gasteiger partial charge in [0.2, 0.25) is 0 Å². The number of hydrogen-bond donors (Lipinski definition) is 2. The fourth-order valence-corrected chi connectivity index (χ4v) is 3.41. The Morgan fingerprint density at radius 2 is 1.81 bits per heavy atom. The maximum absolute atomic E-state index is 6.15. The van der Waals surface area contributed by atoms with E-state index in [9.17, 15) is 0 Å². The lowest BCUT2D eigenvalue weighted by Gasteiger charge is -2.24. The van der Waals surface area contributed by atoms with E-state index >= 15 is 0 Å². The number of fused-ring (bicyclic) bond motifs is 1. The highest BCUT2D eigenvalue weighted by Crippen LogP contribution is 2.37. The molecule has 3 aromatic carbocycles. The second-order valence-electron chi connectivity index (χ2n) is 7.23. The zero-order valence-electron chi connectivity index (χ0n) is 17.8. The summed E-state index contributed by atoms with van der Waals surface area (Å²) in [5.41, 5.74) is 10.1. The quantitative estimate of drug-likeness (QED) is 0.342. The van der Waals surface area contributed by atoms with Gasteiger partial charge in [0, 0.05) is 24.8 Å². The molecule has 0 aliphatic carbocycles. The second kappa shape index (κ2) is 9.38. The van der Waals surface area contributed by atoms with Gasteiger partial charge in [0.15, 0.2) is 5.75 Å². The summed E-state index contributed by atoms with van der Waals surface area (Å²) in [5.74, 6) is 1.28. The van der Waals surface area contributed by atoms with Crippen molar-refractivity contribution < 1.29 is 9.47 Å². The van der Waals surface area contributed by atoms with Crippen molar-refractivity contribution in [2.24, 2.45) is 10.2 Å². The van der Waals surface area contributed by atoms with Crippen molar-refractivity contribution in [1.82, 2.24) is 0 Å². The maximum atomic E-state index is 6.15. The number of benzene rings is 3. The number of nitrogens with one attached hydrogen (secondary N) is 1. The number of nitrogens with zero attached hydrogens (tertiary/aromatic N) is 3. The van der Waals surface area contributed by atoms with Gasteiger partial charge < -0.3 is 25.4 Å². The monoisotopic (exact) mass is 417 g/mol. The van der Waals surface area contributed by atoms with Gasteiger partial charge in [-0.05, 0) is 55.8 Å². The van der Waals surface area contributed by atoms with E-state index < -0.39 is 6.41 Å². The first kappa shape index (κ1) is 20.5. The zero-order valence-corrected chi connectivity index (χ0v) is 17.8. The van der Waals surface area contributed by atoms with Crippen molar-refractivity contribution in [3.05, 3.63) is 66.7 Å². The lowest BCUT2D eigenvalue weighted by atomic mass is 10.2. The van der Waals surface area contributed by atoms with Crippen LogP contribution in [0.15, 0.2) is 77.0 Å². The minimum absolute atomic E-state index is 0.565. The Hall–Kier alpha value is -3.74. The molecule has 31 heavy (non-hydrogen) atoms. The fraction of sp³-hybridized carbons (Fsp3) is 0.250. The van der Waals surface area contributed by atoms with E-state index in [1.54, 1.807) is 0 Å². The molecular weight excluding hydrogens is 390 g/mol. The number of hydrogen-bond acceptors (Lipinski definition) is 7. The van der Waals surface area contributed by atoms with Gasteiger partial charge in [-0.15, -0.1) is 0 Å². The number of nitrogen functional groups attached to an aromatic ring is 1. The number of nitrogens with two attached hydrogens (primary N) is 1. The Labute approximate surface area is 182 Å². The highest BCUT2D eigenvalue weighted by molar-refractivity contribution is 5.66. The molecule has 1 aliphatic rings. The fourth-order valence-electron chi connectivity index (χ4n) is 3.41. The zero-order chi connectivity index (χ0) is 21.6. The van der Waals surface area contributed by atoms with Gasteiger partial charge in [0.25, 0.3) is 0 Å². The first-order valence-corrected chi connectivity index (χ1v) is 10.5. The molecule has 0 amide bonds. The predicted molar refractivity (Wildman–Crippen MR) is 125 cm³/mol. The molecule has 0 radical (unpaired) electrons. The molecule has 0 bridgehead atoms. The van der Waals surface area contributed by atoms with E-state index in [2.05, 4.69) is 34.3 Å². The van der Waals surface area contributed by atoms with Gasteiger partial charge in [-0.2, -0.15) is 10.2 Å². The van der Waals surface area contributed by atoms with Crippen LogP contribution in [0, 0.1) is 0 Å². The van der Waals surface area contributed by atoms with Gasteiger partial charge in [-0.1, -0.05) is 25.1 Å². The van der Waals surface area contributed by atoms with E-state index in [1.165, 1.54) is 0 Å². The molecule has 0 unspecified atom stereocenters. The Morgan fingerprint density at radius 3 is 2.58 bits per heavy atom. The van der Waals surface area contributed by atoms with Crippen molar-refractivity contribution in [1.29, 1.82) is 0 Å². The molecule has 0 saturated carbocycles. The van der Waals surface area contributed by atoms with Crippen molar-refractivity contribution >= 4 is 28.4 Å². The van der Waals surface area contributed by atoms with E-state index in [0.717, 1.165) is 42.3 Å². The topological polar surface area (TPSA) is 84.5 Å². The van der Waals surface area contributed by atoms with E-state index in [0.29, 0.717) is 17.2 Å². The number of anilines is 3. The second-order valence-corrected chi connectivity index (χ2v) is 7.23. The normalized spacial score (nSPS) is 14.7. The van der Waals surface area contributed by atoms with Crippen molar-refractivity contribution in [3.8, 4) is 11.5 Å². The van der Waals surface area contributed by atoms with Gasteiger partial charge >= 0.3 is 6.41 Å². The third kappa shape index (κ3) is 4.88. The van der Waals surface area contributed by atoms with E-state index in [1.807, 2.05) is 66.7 Å².